The Morgan fingerprint density at radius 2 is 1.65 bits per heavy atom. The van der Waals surface area contributed by atoms with Crippen LogP contribution in [0.1, 0.15) is 55.9 Å². The first-order valence-electron chi connectivity index (χ1n) is 10.8. The second-order valence-corrected chi connectivity index (χ2v) is 8.87. The Morgan fingerprint density at radius 1 is 1.00 bits per heavy atom. The number of carbonyl (C=O) groups excluding carboxylic acids is 2. The van der Waals surface area contributed by atoms with Crippen LogP contribution in [-0.2, 0) is 22.6 Å². The lowest BCUT2D eigenvalue weighted by atomic mass is 10.0. The summed E-state index contributed by atoms with van der Waals surface area (Å²) >= 11 is 12.8. The Hall–Kier alpha value is -2.04. The zero-order chi connectivity index (χ0) is 23.1. The van der Waals surface area contributed by atoms with Crippen molar-refractivity contribution >= 4 is 35.0 Å². The van der Waals surface area contributed by atoms with E-state index in [1.165, 1.54) is 5.56 Å². The summed E-state index contributed by atoms with van der Waals surface area (Å²) < 4.78 is 0. The van der Waals surface area contributed by atoms with Gasteiger partial charge < -0.3 is 10.2 Å². The van der Waals surface area contributed by atoms with Gasteiger partial charge in [0.05, 0.1) is 6.42 Å². The molecule has 0 aliphatic rings. The molecule has 0 aliphatic carbocycles. The number of hydrogen-bond donors (Lipinski definition) is 1. The van der Waals surface area contributed by atoms with Crippen molar-refractivity contribution in [2.45, 2.75) is 72.5 Å². The smallest absolute Gasteiger partial charge is 0.243 e. The number of carbonyl (C=O) groups is 2. The fourth-order valence-electron chi connectivity index (χ4n) is 3.40. The number of nitrogens with one attached hydrogen (secondary N) is 1. The predicted molar refractivity (Wildman–Crippen MR) is 129 cm³/mol. The van der Waals surface area contributed by atoms with Gasteiger partial charge in [-0.2, -0.15) is 0 Å². The van der Waals surface area contributed by atoms with Crippen LogP contribution in [0, 0.1) is 13.8 Å². The monoisotopic (exact) mass is 462 g/mol. The molecule has 0 aliphatic heterocycles. The van der Waals surface area contributed by atoms with Crippen LogP contribution in [0.3, 0.4) is 0 Å². The molecule has 2 amide bonds. The molecular weight excluding hydrogens is 431 g/mol. The van der Waals surface area contributed by atoms with Gasteiger partial charge in [-0.1, -0.05) is 61.3 Å². The molecule has 4 nitrogen and oxygen atoms in total. The lowest BCUT2D eigenvalue weighted by Crippen LogP contribution is -2.51. The Bertz CT molecular complexity index is 909. The summed E-state index contributed by atoms with van der Waals surface area (Å²) in [6, 6.07) is 10.7. The van der Waals surface area contributed by atoms with Crippen molar-refractivity contribution in [2.75, 3.05) is 0 Å². The van der Waals surface area contributed by atoms with Gasteiger partial charge in [-0.3, -0.25) is 9.59 Å². The predicted octanol–water partition coefficient (Wildman–Crippen LogP) is 5.87. The zero-order valence-corrected chi connectivity index (χ0v) is 20.5. The van der Waals surface area contributed by atoms with Crippen molar-refractivity contribution < 1.29 is 9.59 Å². The number of rotatable bonds is 9. The van der Waals surface area contributed by atoms with Crippen LogP contribution >= 0.6 is 23.2 Å². The molecule has 0 saturated carbocycles. The topological polar surface area (TPSA) is 49.4 Å². The van der Waals surface area contributed by atoms with Gasteiger partial charge in [-0.15, -0.1) is 0 Å². The average molecular weight is 463 g/mol. The van der Waals surface area contributed by atoms with Gasteiger partial charge in [0.1, 0.15) is 6.04 Å². The molecule has 0 spiro atoms. The molecule has 2 atom stereocenters. The summed E-state index contributed by atoms with van der Waals surface area (Å²) in [4.78, 5) is 28.1. The van der Waals surface area contributed by atoms with E-state index in [2.05, 4.69) is 5.32 Å². The third kappa shape index (κ3) is 6.72. The van der Waals surface area contributed by atoms with Crippen LogP contribution in [0.25, 0.3) is 0 Å². The van der Waals surface area contributed by atoms with Gasteiger partial charge in [0.25, 0.3) is 0 Å². The first-order chi connectivity index (χ1) is 14.7. The van der Waals surface area contributed by atoms with Gasteiger partial charge >= 0.3 is 0 Å². The zero-order valence-electron chi connectivity index (χ0n) is 19.0. The van der Waals surface area contributed by atoms with Crippen molar-refractivity contribution in [3.8, 4) is 0 Å². The standard InChI is InChI=1S/C25H32Cl2N2O2/c1-6-18(5)28-25(31)23(7-2)29(15-20-21(26)9-8-10-22(20)27)24(30)14-19-12-11-16(3)17(4)13-19/h8-13,18,23H,6-7,14-15H2,1-5H3,(H,28,31)/t18-,23+/m1/s1. The molecule has 31 heavy (non-hydrogen) atoms. The van der Waals surface area contributed by atoms with E-state index in [1.807, 2.05) is 52.8 Å². The molecule has 0 bridgehead atoms. The number of aryl methyl sites for hydroxylation is 2. The first kappa shape index (κ1) is 25.2. The minimum atomic E-state index is -0.611. The van der Waals surface area contributed by atoms with Crippen molar-refractivity contribution in [3.63, 3.8) is 0 Å². The van der Waals surface area contributed by atoms with E-state index in [-0.39, 0.29) is 30.8 Å². The molecule has 1 N–H and O–H groups in total. The van der Waals surface area contributed by atoms with E-state index in [9.17, 15) is 9.59 Å². The molecule has 0 unspecified atom stereocenters. The van der Waals surface area contributed by atoms with Crippen LogP contribution in [0.2, 0.25) is 10.0 Å². The highest BCUT2D eigenvalue weighted by Gasteiger charge is 2.30. The van der Waals surface area contributed by atoms with Crippen molar-refractivity contribution in [3.05, 3.63) is 68.7 Å². The maximum Gasteiger partial charge on any atom is 0.243 e. The largest absolute Gasteiger partial charge is 0.352 e. The molecule has 168 valence electrons. The Balaban J connectivity index is 2.38. The first-order valence-corrected chi connectivity index (χ1v) is 11.5. The van der Waals surface area contributed by atoms with Gasteiger partial charge in [0.2, 0.25) is 11.8 Å². The van der Waals surface area contributed by atoms with Crippen molar-refractivity contribution in [2.24, 2.45) is 0 Å². The second-order valence-electron chi connectivity index (χ2n) is 8.06. The van der Waals surface area contributed by atoms with Gasteiger partial charge in [-0.05, 0) is 62.4 Å². The van der Waals surface area contributed by atoms with E-state index >= 15 is 0 Å². The lowest BCUT2D eigenvalue weighted by molar-refractivity contribution is -0.141. The number of halogens is 2. The summed E-state index contributed by atoms with van der Waals surface area (Å²) in [6.07, 6.45) is 1.51. The Labute approximate surface area is 195 Å². The molecule has 0 radical (unpaired) electrons. The number of nitrogens with zero attached hydrogens (tertiary/aromatic N) is 1. The maximum atomic E-state index is 13.5. The van der Waals surface area contributed by atoms with E-state index in [1.54, 1.807) is 23.1 Å². The summed E-state index contributed by atoms with van der Waals surface area (Å²) in [5.74, 6) is -0.293. The van der Waals surface area contributed by atoms with Crippen LogP contribution < -0.4 is 5.32 Å². The van der Waals surface area contributed by atoms with E-state index in [4.69, 9.17) is 23.2 Å². The minimum absolute atomic E-state index is 0.0298. The van der Waals surface area contributed by atoms with Crippen LogP contribution in [-0.4, -0.2) is 28.8 Å². The summed E-state index contributed by atoms with van der Waals surface area (Å²) in [6.45, 7) is 10.1. The molecular formula is C25H32Cl2N2O2. The Morgan fingerprint density at radius 3 is 2.19 bits per heavy atom. The fourth-order valence-corrected chi connectivity index (χ4v) is 3.92. The Kier molecular flexibility index (Phi) is 9.39. The van der Waals surface area contributed by atoms with E-state index < -0.39 is 6.04 Å². The minimum Gasteiger partial charge on any atom is -0.352 e. The van der Waals surface area contributed by atoms with Gasteiger partial charge in [-0.25, -0.2) is 0 Å². The second kappa shape index (κ2) is 11.5. The van der Waals surface area contributed by atoms with Gasteiger partial charge in [0, 0.05) is 28.2 Å². The van der Waals surface area contributed by atoms with Crippen LogP contribution in [0.4, 0.5) is 0 Å². The van der Waals surface area contributed by atoms with Crippen LogP contribution in [0.5, 0.6) is 0 Å². The molecule has 0 saturated heterocycles. The molecule has 2 aromatic rings. The molecule has 0 aromatic heterocycles. The average Bonchev–Trinajstić information content (AvgIpc) is 2.72. The normalized spacial score (nSPS) is 12.9. The molecule has 0 heterocycles. The number of benzene rings is 2. The number of amides is 2. The molecule has 2 rings (SSSR count). The highest BCUT2D eigenvalue weighted by molar-refractivity contribution is 6.36. The quantitative estimate of drug-likeness (QED) is 0.505. The molecule has 2 aromatic carbocycles. The SMILES string of the molecule is CC[C@@H](C)NC(=O)[C@H](CC)N(Cc1c(Cl)cccc1Cl)C(=O)Cc1ccc(C)c(C)c1. The van der Waals surface area contributed by atoms with E-state index in [0.717, 1.165) is 17.5 Å². The fraction of sp³-hybridized carbons (Fsp3) is 0.440. The lowest BCUT2D eigenvalue weighted by Gasteiger charge is -2.32. The van der Waals surface area contributed by atoms with Crippen molar-refractivity contribution in [1.82, 2.24) is 10.2 Å². The third-order valence-corrected chi connectivity index (χ3v) is 6.41. The highest BCUT2D eigenvalue weighted by atomic mass is 35.5. The maximum absolute atomic E-state index is 13.5. The van der Waals surface area contributed by atoms with Gasteiger partial charge in [0.15, 0.2) is 0 Å². The van der Waals surface area contributed by atoms with Crippen LogP contribution in [0.15, 0.2) is 36.4 Å². The highest BCUT2D eigenvalue weighted by Crippen LogP contribution is 2.27. The summed E-state index contributed by atoms with van der Waals surface area (Å²) in [5.41, 5.74) is 3.87. The number of hydrogen-bond acceptors (Lipinski definition) is 2. The molecule has 6 heteroatoms. The summed E-state index contributed by atoms with van der Waals surface area (Å²) in [7, 11) is 0. The molecule has 0 fully saturated rings. The third-order valence-electron chi connectivity index (χ3n) is 5.70. The van der Waals surface area contributed by atoms with E-state index in [0.29, 0.717) is 22.0 Å². The summed E-state index contributed by atoms with van der Waals surface area (Å²) in [5, 5.41) is 3.97. The van der Waals surface area contributed by atoms with Crippen molar-refractivity contribution in [1.29, 1.82) is 0 Å².